The maximum absolute atomic E-state index is 12.3. The molecule has 0 saturated heterocycles. The van der Waals surface area contributed by atoms with Gasteiger partial charge in [-0.25, -0.2) is 4.98 Å². The standard InChI is InChI=1S/C18H21N5OS2/c1-12-7-8-15-19-14(9-16(24)23(15)10-12)11-25-18-22-21-17(26-18)20-13-5-3-2-4-6-13/h7-10,13H,2-6,11H2,1H3,(H,20,21). The Balaban J connectivity index is 1.42. The van der Waals surface area contributed by atoms with Crippen LogP contribution in [0.2, 0.25) is 0 Å². The number of hydrogen-bond acceptors (Lipinski definition) is 7. The van der Waals surface area contributed by atoms with Gasteiger partial charge in [-0.05, 0) is 31.4 Å². The molecule has 6 nitrogen and oxygen atoms in total. The van der Waals surface area contributed by atoms with Crippen molar-refractivity contribution in [3.8, 4) is 0 Å². The summed E-state index contributed by atoms with van der Waals surface area (Å²) in [5, 5.41) is 12.9. The third-order valence-corrected chi connectivity index (χ3v) is 6.56. The lowest BCUT2D eigenvalue weighted by Crippen LogP contribution is -2.21. The number of aryl methyl sites for hydroxylation is 1. The van der Waals surface area contributed by atoms with Crippen LogP contribution in [-0.4, -0.2) is 25.6 Å². The average molecular weight is 388 g/mol. The molecule has 0 bridgehead atoms. The molecule has 4 rings (SSSR count). The number of aromatic nitrogens is 4. The van der Waals surface area contributed by atoms with Crippen LogP contribution in [-0.2, 0) is 5.75 Å². The predicted molar refractivity (Wildman–Crippen MR) is 106 cm³/mol. The molecule has 0 amide bonds. The van der Waals surface area contributed by atoms with Crippen molar-refractivity contribution in [3.63, 3.8) is 0 Å². The van der Waals surface area contributed by atoms with Gasteiger partial charge in [0.1, 0.15) is 5.65 Å². The fraction of sp³-hybridized carbons (Fsp3) is 0.444. The van der Waals surface area contributed by atoms with Crippen molar-refractivity contribution >= 4 is 33.9 Å². The molecule has 26 heavy (non-hydrogen) atoms. The normalized spacial score (nSPS) is 15.4. The van der Waals surface area contributed by atoms with Gasteiger partial charge in [-0.3, -0.25) is 9.20 Å². The lowest BCUT2D eigenvalue weighted by Gasteiger charge is -2.21. The van der Waals surface area contributed by atoms with Crippen LogP contribution in [0.25, 0.3) is 5.65 Å². The molecule has 1 fully saturated rings. The second kappa shape index (κ2) is 7.75. The summed E-state index contributed by atoms with van der Waals surface area (Å²) in [5.74, 6) is 0.609. The van der Waals surface area contributed by atoms with Crippen LogP contribution in [0.15, 0.2) is 33.5 Å². The van der Waals surface area contributed by atoms with Crippen LogP contribution >= 0.6 is 23.1 Å². The highest BCUT2D eigenvalue weighted by atomic mass is 32.2. The van der Waals surface area contributed by atoms with Crippen molar-refractivity contribution in [2.45, 2.75) is 55.2 Å². The van der Waals surface area contributed by atoms with E-state index in [-0.39, 0.29) is 5.56 Å². The number of thioether (sulfide) groups is 1. The maximum Gasteiger partial charge on any atom is 0.258 e. The van der Waals surface area contributed by atoms with E-state index >= 15 is 0 Å². The predicted octanol–water partition coefficient (Wildman–Crippen LogP) is 3.89. The van der Waals surface area contributed by atoms with Crippen LogP contribution in [0.3, 0.4) is 0 Å². The molecule has 3 aromatic heterocycles. The second-order valence-corrected chi connectivity index (χ2v) is 8.86. The number of pyridine rings is 1. The molecule has 3 aromatic rings. The van der Waals surface area contributed by atoms with E-state index < -0.39 is 0 Å². The van der Waals surface area contributed by atoms with Gasteiger partial charge >= 0.3 is 0 Å². The van der Waals surface area contributed by atoms with Crippen molar-refractivity contribution in [1.82, 2.24) is 19.6 Å². The molecule has 0 aliphatic heterocycles. The number of anilines is 1. The smallest absolute Gasteiger partial charge is 0.258 e. The minimum absolute atomic E-state index is 0.0498. The molecule has 1 aliphatic carbocycles. The summed E-state index contributed by atoms with van der Waals surface area (Å²) < 4.78 is 2.48. The Kier molecular flexibility index (Phi) is 5.21. The van der Waals surface area contributed by atoms with E-state index in [0.717, 1.165) is 20.7 Å². The summed E-state index contributed by atoms with van der Waals surface area (Å²) in [4.78, 5) is 16.8. The first-order valence-electron chi connectivity index (χ1n) is 8.89. The summed E-state index contributed by atoms with van der Waals surface area (Å²) in [5.41, 5.74) is 2.43. The van der Waals surface area contributed by atoms with E-state index in [1.165, 1.54) is 32.1 Å². The molecule has 0 spiro atoms. The molecule has 136 valence electrons. The SMILES string of the molecule is Cc1ccc2nc(CSc3nnc(NC4CCCCC4)s3)cc(=O)n2c1. The highest BCUT2D eigenvalue weighted by molar-refractivity contribution is 8.00. The van der Waals surface area contributed by atoms with Crippen LogP contribution in [0, 0.1) is 6.92 Å². The van der Waals surface area contributed by atoms with E-state index in [2.05, 4.69) is 20.5 Å². The van der Waals surface area contributed by atoms with Gasteiger partial charge in [0.2, 0.25) is 5.13 Å². The highest BCUT2D eigenvalue weighted by Gasteiger charge is 2.15. The number of nitrogens with one attached hydrogen (secondary N) is 1. The van der Waals surface area contributed by atoms with Crippen LogP contribution in [0.1, 0.15) is 43.4 Å². The topological polar surface area (TPSA) is 72.2 Å². The Bertz CT molecular complexity index is 962. The van der Waals surface area contributed by atoms with Gasteiger partial charge in [0.05, 0.1) is 5.69 Å². The fourth-order valence-corrected chi connectivity index (χ4v) is 4.94. The van der Waals surface area contributed by atoms with Crippen LogP contribution in [0.5, 0.6) is 0 Å². The molecule has 8 heteroatoms. The summed E-state index contributed by atoms with van der Waals surface area (Å²) in [6.45, 7) is 1.96. The van der Waals surface area contributed by atoms with Crippen LogP contribution < -0.4 is 10.9 Å². The molecular formula is C18H21N5OS2. The zero-order valence-corrected chi connectivity index (χ0v) is 16.3. The van der Waals surface area contributed by atoms with Crippen LogP contribution in [0.4, 0.5) is 5.13 Å². The first-order valence-corrected chi connectivity index (χ1v) is 10.7. The molecule has 1 N–H and O–H groups in total. The minimum Gasteiger partial charge on any atom is -0.357 e. The Morgan fingerprint density at radius 1 is 1.27 bits per heavy atom. The highest BCUT2D eigenvalue weighted by Crippen LogP contribution is 2.29. The van der Waals surface area contributed by atoms with Gasteiger partial charge in [0.25, 0.3) is 5.56 Å². The van der Waals surface area contributed by atoms with Crippen molar-refractivity contribution < 1.29 is 0 Å². The third-order valence-electron chi connectivity index (χ3n) is 4.54. The molecule has 3 heterocycles. The zero-order valence-electron chi connectivity index (χ0n) is 14.6. The Hall–Kier alpha value is -1.93. The summed E-state index contributed by atoms with van der Waals surface area (Å²) in [6, 6.07) is 5.97. The van der Waals surface area contributed by atoms with Crippen molar-refractivity contribution in [2.75, 3.05) is 5.32 Å². The first kappa shape index (κ1) is 17.5. The van der Waals surface area contributed by atoms with Gasteiger partial charge in [-0.1, -0.05) is 48.4 Å². The largest absolute Gasteiger partial charge is 0.357 e. The van der Waals surface area contributed by atoms with E-state index in [0.29, 0.717) is 17.4 Å². The van der Waals surface area contributed by atoms with Crippen molar-refractivity contribution in [3.05, 3.63) is 46.0 Å². The van der Waals surface area contributed by atoms with Gasteiger partial charge in [0, 0.05) is 24.1 Å². The minimum atomic E-state index is -0.0498. The van der Waals surface area contributed by atoms with Gasteiger partial charge < -0.3 is 5.32 Å². The summed E-state index contributed by atoms with van der Waals surface area (Å²) in [7, 11) is 0. The van der Waals surface area contributed by atoms with Gasteiger partial charge in [-0.2, -0.15) is 0 Å². The van der Waals surface area contributed by atoms with Gasteiger partial charge in [-0.15, -0.1) is 10.2 Å². The van der Waals surface area contributed by atoms with Gasteiger partial charge in [0.15, 0.2) is 4.34 Å². The number of fused-ring (bicyclic) bond motifs is 1. The monoisotopic (exact) mass is 387 g/mol. The average Bonchev–Trinajstić information content (AvgIpc) is 3.09. The molecule has 1 saturated carbocycles. The van der Waals surface area contributed by atoms with E-state index in [9.17, 15) is 4.79 Å². The van der Waals surface area contributed by atoms with E-state index in [1.54, 1.807) is 33.6 Å². The van der Waals surface area contributed by atoms with E-state index in [1.807, 2.05) is 25.3 Å². The zero-order chi connectivity index (χ0) is 17.9. The molecule has 0 radical (unpaired) electrons. The van der Waals surface area contributed by atoms with E-state index in [4.69, 9.17) is 0 Å². The lowest BCUT2D eigenvalue weighted by atomic mass is 9.96. The lowest BCUT2D eigenvalue weighted by molar-refractivity contribution is 0.462. The quantitative estimate of drug-likeness (QED) is 0.670. The third kappa shape index (κ3) is 4.07. The fourth-order valence-electron chi connectivity index (χ4n) is 3.22. The molecule has 0 aromatic carbocycles. The maximum atomic E-state index is 12.3. The Morgan fingerprint density at radius 3 is 2.96 bits per heavy atom. The molecule has 1 aliphatic rings. The second-order valence-electron chi connectivity index (χ2n) is 6.66. The molecular weight excluding hydrogens is 366 g/mol. The summed E-state index contributed by atoms with van der Waals surface area (Å²) >= 11 is 3.15. The van der Waals surface area contributed by atoms with Crippen molar-refractivity contribution in [1.29, 1.82) is 0 Å². The van der Waals surface area contributed by atoms with Crippen molar-refractivity contribution in [2.24, 2.45) is 0 Å². The number of hydrogen-bond donors (Lipinski definition) is 1. The number of rotatable bonds is 5. The Morgan fingerprint density at radius 2 is 2.12 bits per heavy atom. The Labute approximate surface area is 160 Å². The number of nitrogens with zero attached hydrogens (tertiary/aromatic N) is 4. The first-order chi connectivity index (χ1) is 12.7. The molecule has 0 unspecified atom stereocenters. The molecule has 0 atom stereocenters. The summed E-state index contributed by atoms with van der Waals surface area (Å²) in [6.07, 6.45) is 8.17.